The predicted octanol–water partition coefficient (Wildman–Crippen LogP) is 6.68. The zero-order valence-electron chi connectivity index (χ0n) is 26.1. The lowest BCUT2D eigenvalue weighted by Gasteiger charge is -2.34. The van der Waals surface area contributed by atoms with Gasteiger partial charge in [0, 0.05) is 73.4 Å². The van der Waals surface area contributed by atoms with Gasteiger partial charge >= 0.3 is 0 Å². The molecular weight excluding hydrogens is 546 g/mol. The lowest BCUT2D eigenvalue weighted by Crippen LogP contribution is -2.46. The second kappa shape index (κ2) is 13.1. The van der Waals surface area contributed by atoms with Crippen LogP contribution in [0.15, 0.2) is 65.7 Å². The Balaban J connectivity index is 0.809. The summed E-state index contributed by atoms with van der Waals surface area (Å²) in [6.45, 7) is 11.6. The van der Waals surface area contributed by atoms with Crippen LogP contribution in [0.2, 0.25) is 0 Å². The molecule has 230 valence electrons. The fourth-order valence-corrected chi connectivity index (χ4v) is 7.34. The lowest BCUT2D eigenvalue weighted by atomic mass is 10.1. The smallest absolute Gasteiger partial charge is 0.256 e. The Morgan fingerprint density at radius 2 is 1.43 bits per heavy atom. The van der Waals surface area contributed by atoms with Crippen LogP contribution in [-0.4, -0.2) is 89.9 Å². The Hall–Kier alpha value is -3.68. The lowest BCUT2D eigenvalue weighted by molar-refractivity contribution is 0.0774. The first-order valence-electron chi connectivity index (χ1n) is 16.7. The fraction of sp³-hybridized carbons (Fsp3) is 0.459. The number of carbonyl (C=O) groups is 1. The number of fused-ring (bicyclic) bond motifs is 5. The summed E-state index contributed by atoms with van der Waals surface area (Å²) < 4.78 is 8.69. The molecule has 7 rings (SSSR count). The van der Waals surface area contributed by atoms with Crippen molar-refractivity contribution in [2.24, 2.45) is 4.99 Å². The van der Waals surface area contributed by atoms with E-state index in [1.165, 1.54) is 41.2 Å². The number of nitrogens with zero attached hydrogens (tertiary/aromatic N) is 5. The summed E-state index contributed by atoms with van der Waals surface area (Å²) in [5, 5.41) is 2.73. The van der Waals surface area contributed by atoms with E-state index < -0.39 is 0 Å². The zero-order valence-corrected chi connectivity index (χ0v) is 26.1. The van der Waals surface area contributed by atoms with E-state index >= 15 is 0 Å². The van der Waals surface area contributed by atoms with Gasteiger partial charge in [-0.2, -0.15) is 0 Å². The summed E-state index contributed by atoms with van der Waals surface area (Å²) in [5.41, 5.74) is 5.17. The van der Waals surface area contributed by atoms with Crippen molar-refractivity contribution in [2.75, 3.05) is 52.4 Å². The van der Waals surface area contributed by atoms with Gasteiger partial charge in [-0.25, -0.2) is 0 Å². The molecule has 0 spiro atoms. The van der Waals surface area contributed by atoms with Crippen LogP contribution >= 0.6 is 0 Å². The third kappa shape index (κ3) is 6.00. The molecule has 3 aromatic carbocycles. The Morgan fingerprint density at radius 1 is 0.795 bits per heavy atom. The Bertz CT molecular complexity index is 1600. The second-order valence-electron chi connectivity index (χ2n) is 12.8. The van der Waals surface area contributed by atoms with Gasteiger partial charge in [0.05, 0.1) is 23.9 Å². The molecule has 0 aliphatic carbocycles. The number of aryl methyl sites for hydroxylation is 2. The highest BCUT2D eigenvalue weighted by Gasteiger charge is 2.32. The van der Waals surface area contributed by atoms with Gasteiger partial charge in [0.15, 0.2) is 0 Å². The van der Waals surface area contributed by atoms with Crippen LogP contribution in [0, 0.1) is 6.92 Å². The number of carbonyl (C=O) groups excluding carboxylic acids is 1. The van der Waals surface area contributed by atoms with Gasteiger partial charge in [0.25, 0.3) is 5.91 Å². The number of rotatable bonds is 11. The number of aliphatic imine (C=N–C) groups is 1. The van der Waals surface area contributed by atoms with Crippen LogP contribution in [0.1, 0.15) is 54.4 Å². The molecule has 0 unspecified atom stereocenters. The molecule has 0 saturated carbocycles. The van der Waals surface area contributed by atoms with Crippen molar-refractivity contribution < 1.29 is 9.53 Å². The fourth-order valence-electron chi connectivity index (χ4n) is 7.34. The van der Waals surface area contributed by atoms with Crippen LogP contribution in [0.4, 0.5) is 5.69 Å². The van der Waals surface area contributed by atoms with Crippen LogP contribution < -0.4 is 4.74 Å². The molecule has 7 heteroatoms. The van der Waals surface area contributed by atoms with E-state index in [1.54, 1.807) is 0 Å². The van der Waals surface area contributed by atoms with Crippen molar-refractivity contribution in [1.29, 1.82) is 0 Å². The quantitative estimate of drug-likeness (QED) is 0.183. The predicted molar refractivity (Wildman–Crippen MR) is 180 cm³/mol. The summed E-state index contributed by atoms with van der Waals surface area (Å²) in [6, 6.07) is 21.7. The number of para-hydroxylation sites is 2. The molecular formula is C37H45N5O2. The molecule has 44 heavy (non-hydrogen) atoms. The van der Waals surface area contributed by atoms with Crippen LogP contribution in [0.5, 0.6) is 5.75 Å². The average Bonchev–Trinajstić information content (AvgIpc) is 3.63. The minimum atomic E-state index is 0.106. The summed E-state index contributed by atoms with van der Waals surface area (Å²) in [6.07, 6.45) is 8.60. The number of aromatic nitrogens is 1. The van der Waals surface area contributed by atoms with E-state index in [2.05, 4.69) is 67.9 Å². The van der Waals surface area contributed by atoms with Crippen molar-refractivity contribution in [3.8, 4) is 5.75 Å². The van der Waals surface area contributed by atoms with Gasteiger partial charge in [-0.15, -0.1) is 0 Å². The van der Waals surface area contributed by atoms with Crippen LogP contribution in [0.25, 0.3) is 21.8 Å². The molecule has 2 fully saturated rings. The highest BCUT2D eigenvalue weighted by Crippen LogP contribution is 2.34. The van der Waals surface area contributed by atoms with Crippen molar-refractivity contribution in [3.05, 3.63) is 71.8 Å². The molecule has 1 amide bonds. The molecule has 0 N–H and O–H groups in total. The molecule has 7 nitrogen and oxygen atoms in total. The van der Waals surface area contributed by atoms with E-state index in [4.69, 9.17) is 4.74 Å². The summed E-state index contributed by atoms with van der Waals surface area (Å²) >= 11 is 0. The molecule has 0 radical (unpaired) electrons. The third-order valence-corrected chi connectivity index (χ3v) is 9.85. The monoisotopic (exact) mass is 591 g/mol. The number of benzene rings is 3. The maximum Gasteiger partial charge on any atom is 0.256 e. The largest absolute Gasteiger partial charge is 0.493 e. The van der Waals surface area contributed by atoms with Gasteiger partial charge in [0.2, 0.25) is 0 Å². The SMILES string of the molecule is Cc1cc2c(cc1OCCCCN1CCN(CCCCn3c4ccccc4c4ccccc43)CC1)N=C[C@@H]1CCCN1C2=O. The first-order chi connectivity index (χ1) is 21.7. The first kappa shape index (κ1) is 29.1. The van der Waals surface area contributed by atoms with Crippen molar-refractivity contribution in [3.63, 3.8) is 0 Å². The third-order valence-electron chi connectivity index (χ3n) is 9.85. The normalized spacial score (nSPS) is 19.1. The Morgan fingerprint density at radius 3 is 2.14 bits per heavy atom. The Kier molecular flexibility index (Phi) is 8.67. The number of hydrogen-bond donors (Lipinski definition) is 0. The molecule has 3 aliphatic rings. The summed E-state index contributed by atoms with van der Waals surface area (Å²) in [4.78, 5) is 24.9. The molecule has 0 bridgehead atoms. The van der Waals surface area contributed by atoms with E-state index in [0.717, 1.165) is 88.5 Å². The number of hydrogen-bond acceptors (Lipinski definition) is 5. The van der Waals surface area contributed by atoms with E-state index in [9.17, 15) is 4.79 Å². The van der Waals surface area contributed by atoms with Gasteiger partial charge in [-0.05, 0) is 82.3 Å². The van der Waals surface area contributed by atoms with Crippen LogP contribution in [0.3, 0.4) is 0 Å². The zero-order chi connectivity index (χ0) is 29.9. The van der Waals surface area contributed by atoms with E-state index in [1.807, 2.05) is 30.2 Å². The highest BCUT2D eigenvalue weighted by atomic mass is 16.5. The van der Waals surface area contributed by atoms with Gasteiger partial charge in [0.1, 0.15) is 5.75 Å². The number of ether oxygens (including phenoxy) is 1. The highest BCUT2D eigenvalue weighted by molar-refractivity contribution is 6.08. The van der Waals surface area contributed by atoms with Gasteiger partial charge in [-0.1, -0.05) is 36.4 Å². The van der Waals surface area contributed by atoms with Crippen LogP contribution in [-0.2, 0) is 6.54 Å². The standard InChI is InChI=1S/C37H45N5O2/c1-28-25-32-33(38-27-29-11-10-19-41(29)37(32)43)26-36(28)44-24-9-8-17-40-22-20-39(21-23-40)16-6-7-18-42-34-14-4-2-12-30(34)31-13-3-5-15-35(31)42/h2-5,12-15,25-27,29H,6-11,16-24H2,1H3/t29-/m0/s1. The van der Waals surface area contributed by atoms with Crippen molar-refractivity contribution >= 4 is 39.6 Å². The second-order valence-corrected chi connectivity index (χ2v) is 12.8. The topological polar surface area (TPSA) is 53.3 Å². The van der Waals surface area contributed by atoms with Gasteiger partial charge in [-0.3, -0.25) is 9.79 Å². The summed E-state index contributed by atoms with van der Waals surface area (Å²) in [5.74, 6) is 0.955. The number of piperazine rings is 1. The molecule has 1 atom stereocenters. The summed E-state index contributed by atoms with van der Waals surface area (Å²) in [7, 11) is 0. The Labute approximate surface area is 261 Å². The molecule has 1 aromatic heterocycles. The maximum atomic E-state index is 13.0. The molecule has 2 saturated heterocycles. The number of unbranched alkanes of at least 4 members (excludes halogenated alkanes) is 2. The minimum absolute atomic E-state index is 0.106. The van der Waals surface area contributed by atoms with Crippen molar-refractivity contribution in [1.82, 2.24) is 19.3 Å². The van der Waals surface area contributed by atoms with Crippen molar-refractivity contribution in [2.45, 2.75) is 58.0 Å². The molecule has 4 heterocycles. The molecule has 3 aliphatic heterocycles. The van der Waals surface area contributed by atoms with E-state index in [-0.39, 0.29) is 11.9 Å². The van der Waals surface area contributed by atoms with Gasteiger partial charge < -0.3 is 24.0 Å². The average molecular weight is 592 g/mol. The molecule has 4 aromatic rings. The number of amides is 1. The minimum Gasteiger partial charge on any atom is -0.493 e. The first-order valence-corrected chi connectivity index (χ1v) is 16.7. The van der Waals surface area contributed by atoms with E-state index in [0.29, 0.717) is 12.2 Å². The maximum absolute atomic E-state index is 13.0.